The van der Waals surface area contributed by atoms with Crippen molar-refractivity contribution in [3.63, 3.8) is 0 Å². The molecule has 14 nitrogen and oxygen atoms in total. The summed E-state index contributed by atoms with van der Waals surface area (Å²) in [5, 5.41) is 0. The third kappa shape index (κ3) is 10.9. The Kier molecular flexibility index (Phi) is 14.9. The molecule has 0 aromatic carbocycles. The molecule has 1 aromatic heterocycles. The Morgan fingerprint density at radius 1 is 1.02 bits per heavy atom. The molecule has 1 saturated carbocycles. The summed E-state index contributed by atoms with van der Waals surface area (Å²) in [7, 11) is -2.34. The van der Waals surface area contributed by atoms with Crippen molar-refractivity contribution in [3.8, 4) is 0 Å². The van der Waals surface area contributed by atoms with Crippen LogP contribution in [-0.4, -0.2) is 104 Å². The molecule has 3 rings (SSSR count). The molecule has 0 spiro atoms. The second-order valence-electron chi connectivity index (χ2n) is 15.6. The molecular weight excluding hydrogens is 691 g/mol. The van der Waals surface area contributed by atoms with Crippen LogP contribution < -0.4 is 11.2 Å². The van der Waals surface area contributed by atoms with E-state index < -0.39 is 73.5 Å². The highest BCUT2D eigenvalue weighted by Gasteiger charge is 2.49. The highest BCUT2D eigenvalue weighted by atomic mass is 28.4. The molecule has 296 valence electrons. The Morgan fingerprint density at radius 3 is 2.19 bits per heavy atom. The predicted molar refractivity (Wildman–Crippen MR) is 197 cm³/mol. The number of nitrogens with zero attached hydrogens (tertiary/aromatic N) is 2. The molecule has 2 fully saturated rings. The molecule has 15 heteroatoms. The van der Waals surface area contributed by atoms with Crippen LogP contribution in [0.25, 0.3) is 0 Å². The number of nitrogens with one attached hydrogen (secondary N) is 1. The van der Waals surface area contributed by atoms with Gasteiger partial charge < -0.3 is 28.1 Å². The number of hydrogen-bond acceptors (Lipinski definition) is 12. The van der Waals surface area contributed by atoms with Gasteiger partial charge in [-0.25, -0.2) is 4.79 Å². The van der Waals surface area contributed by atoms with Crippen molar-refractivity contribution in [2.24, 2.45) is 11.8 Å². The fraction of sp³-hybridized carbons (Fsp3) is 0.811. The standard InChI is InChI=1S/C37H63N3O11Si/c1-22(2)52(23(3)4,24(5)6)48-21-37(12)20-39(18-32(51-37)40-17-25(7)35(44)38-36(40)45)14-13-15-46-31-16-30(19-47-27(9)41)34(50-29(11)43)33(26(31)8)49-28(10)42/h17,22-24,26,30-34H,13-16,18-21H2,1-12H3,(H,38,44,45)/t26-,30+,31+,32+,33+,34-,37+/m0/s1/i12D. The monoisotopic (exact) mass is 754 g/mol. The summed E-state index contributed by atoms with van der Waals surface area (Å²) in [6.45, 7) is 22.3. The van der Waals surface area contributed by atoms with Gasteiger partial charge in [-0.05, 0) is 43.3 Å². The lowest BCUT2D eigenvalue weighted by molar-refractivity contribution is -0.199. The van der Waals surface area contributed by atoms with Crippen LogP contribution in [0.1, 0.15) is 102 Å². The van der Waals surface area contributed by atoms with E-state index in [1.165, 1.54) is 31.5 Å². The van der Waals surface area contributed by atoms with Crippen LogP contribution >= 0.6 is 0 Å². The van der Waals surface area contributed by atoms with Crippen molar-refractivity contribution in [3.05, 3.63) is 32.6 Å². The fourth-order valence-corrected chi connectivity index (χ4v) is 13.8. The Hall–Kier alpha value is -2.85. The number of aromatic amines is 1. The number of hydrogen-bond donors (Lipinski definition) is 1. The summed E-state index contributed by atoms with van der Waals surface area (Å²) in [4.78, 5) is 65.6. The number of H-pyrrole nitrogens is 1. The van der Waals surface area contributed by atoms with Crippen molar-refractivity contribution in [1.82, 2.24) is 14.5 Å². The minimum absolute atomic E-state index is 0.0256. The average Bonchev–Trinajstić information content (AvgIpc) is 3.06. The molecule has 0 unspecified atom stereocenters. The molecule has 2 heterocycles. The van der Waals surface area contributed by atoms with Gasteiger partial charge in [-0.3, -0.25) is 33.6 Å². The van der Waals surface area contributed by atoms with Crippen LogP contribution in [0.15, 0.2) is 15.8 Å². The van der Waals surface area contributed by atoms with E-state index in [9.17, 15) is 24.0 Å². The third-order valence-electron chi connectivity index (χ3n) is 10.5. The molecule has 7 atom stereocenters. The minimum atomic E-state index is -2.34. The molecular formula is C37H63N3O11Si. The number of rotatable bonds is 16. The van der Waals surface area contributed by atoms with E-state index in [4.69, 9.17) is 29.5 Å². The summed E-state index contributed by atoms with van der Waals surface area (Å²) < 4.78 is 46.8. The first-order chi connectivity index (χ1) is 24.8. The number of ether oxygens (including phenoxy) is 5. The van der Waals surface area contributed by atoms with E-state index in [1.54, 1.807) is 6.92 Å². The van der Waals surface area contributed by atoms with E-state index in [0.717, 1.165) is 0 Å². The molecule has 2 aliphatic rings. The number of morpholine rings is 1. The van der Waals surface area contributed by atoms with Gasteiger partial charge in [-0.2, -0.15) is 0 Å². The topological polar surface area (TPSA) is 165 Å². The van der Waals surface area contributed by atoms with Crippen LogP contribution in [0.2, 0.25) is 16.6 Å². The largest absolute Gasteiger partial charge is 0.465 e. The number of aromatic nitrogens is 2. The minimum Gasteiger partial charge on any atom is -0.465 e. The third-order valence-corrected chi connectivity index (χ3v) is 16.6. The predicted octanol–water partition coefficient (Wildman–Crippen LogP) is 4.48. The van der Waals surface area contributed by atoms with Gasteiger partial charge in [0.05, 0.1) is 19.3 Å². The van der Waals surface area contributed by atoms with Crippen LogP contribution in [0.3, 0.4) is 0 Å². The van der Waals surface area contributed by atoms with Crippen molar-refractivity contribution in [2.45, 2.75) is 143 Å². The molecule has 1 aliphatic heterocycles. The number of carbonyl (C=O) groups excluding carboxylic acids is 3. The molecule has 1 saturated heterocycles. The van der Waals surface area contributed by atoms with E-state index in [2.05, 4.69) is 51.4 Å². The van der Waals surface area contributed by atoms with Gasteiger partial charge in [0.25, 0.3) is 5.56 Å². The van der Waals surface area contributed by atoms with Crippen molar-refractivity contribution in [2.75, 3.05) is 39.5 Å². The first-order valence-electron chi connectivity index (χ1n) is 19.2. The second kappa shape index (κ2) is 18.5. The van der Waals surface area contributed by atoms with E-state index in [1.807, 2.05) is 6.92 Å². The van der Waals surface area contributed by atoms with E-state index in [-0.39, 0.29) is 26.0 Å². The van der Waals surface area contributed by atoms with Crippen molar-refractivity contribution >= 4 is 26.2 Å². The zero-order valence-corrected chi connectivity index (χ0v) is 34.0. The SMILES string of the molecule is [2H]C[C@]1(CO[Si](C(C)C)(C(C)C)C(C)C)CN(CCCO[C@@H]2C[C@H](COC(C)=O)[C@H](OC(C)=O)[C@H](OC(C)=O)[C@H]2C)C[C@H](n2cc(C)c(=O)[nH]c2=O)O1. The van der Waals surface area contributed by atoms with Gasteiger partial charge in [0.2, 0.25) is 0 Å². The first kappa shape index (κ1) is 41.9. The van der Waals surface area contributed by atoms with Crippen LogP contribution in [0.5, 0.6) is 0 Å². The van der Waals surface area contributed by atoms with Crippen LogP contribution in [0, 0.1) is 18.8 Å². The smallest absolute Gasteiger partial charge is 0.330 e. The first-order valence-corrected chi connectivity index (χ1v) is 20.7. The summed E-state index contributed by atoms with van der Waals surface area (Å²) in [6, 6.07) is 0. The number of esters is 3. The zero-order chi connectivity index (χ0) is 39.8. The quantitative estimate of drug-likeness (QED) is 0.109. The lowest BCUT2D eigenvalue weighted by Crippen LogP contribution is -2.59. The molecule has 1 N–H and O–H groups in total. The van der Waals surface area contributed by atoms with E-state index in [0.29, 0.717) is 61.3 Å². The summed E-state index contributed by atoms with van der Waals surface area (Å²) in [5.41, 5.74) is -0.762. The normalized spacial score (nSPS) is 27.5. The van der Waals surface area contributed by atoms with Gasteiger partial charge in [0, 0.05) is 72.0 Å². The average molecular weight is 755 g/mol. The molecule has 0 bridgehead atoms. The maximum atomic E-state index is 13.1. The van der Waals surface area contributed by atoms with Gasteiger partial charge in [-0.1, -0.05) is 48.5 Å². The fourth-order valence-electron chi connectivity index (χ4n) is 8.28. The molecule has 1 aliphatic carbocycles. The lowest BCUT2D eigenvalue weighted by Gasteiger charge is -2.48. The van der Waals surface area contributed by atoms with Gasteiger partial charge >= 0.3 is 23.6 Å². The molecule has 52 heavy (non-hydrogen) atoms. The summed E-state index contributed by atoms with van der Waals surface area (Å²) >= 11 is 0. The summed E-state index contributed by atoms with van der Waals surface area (Å²) in [6.07, 6.45) is -0.293. The Labute approximate surface area is 310 Å². The van der Waals surface area contributed by atoms with Crippen LogP contribution in [-0.2, 0) is 42.5 Å². The van der Waals surface area contributed by atoms with Crippen LogP contribution in [0.4, 0.5) is 0 Å². The van der Waals surface area contributed by atoms with E-state index >= 15 is 0 Å². The molecule has 1 aromatic rings. The van der Waals surface area contributed by atoms with Gasteiger partial charge in [0.1, 0.15) is 17.8 Å². The number of aryl methyl sites for hydroxylation is 1. The maximum absolute atomic E-state index is 13.1. The van der Waals surface area contributed by atoms with Gasteiger partial charge in [-0.15, -0.1) is 0 Å². The second-order valence-corrected chi connectivity index (χ2v) is 21.1. The molecule has 0 amide bonds. The highest BCUT2D eigenvalue weighted by Crippen LogP contribution is 2.43. The number of carbonyl (C=O) groups is 3. The Morgan fingerprint density at radius 2 is 1.63 bits per heavy atom. The van der Waals surface area contributed by atoms with Crippen molar-refractivity contribution in [1.29, 1.82) is 0 Å². The van der Waals surface area contributed by atoms with Gasteiger partial charge in [0.15, 0.2) is 14.5 Å². The zero-order valence-electron chi connectivity index (χ0n) is 34.0. The summed E-state index contributed by atoms with van der Waals surface area (Å²) in [5.74, 6) is -2.32. The Bertz CT molecular complexity index is 1500. The molecule has 0 radical (unpaired) electrons. The highest BCUT2D eigenvalue weighted by molar-refractivity contribution is 6.77. The lowest BCUT2D eigenvalue weighted by atomic mass is 9.76. The maximum Gasteiger partial charge on any atom is 0.330 e. The Balaban J connectivity index is 1.84. The van der Waals surface area contributed by atoms with Crippen molar-refractivity contribution < 1.29 is 43.9 Å².